The number of hydrogen-bond acceptors (Lipinski definition) is 5. The largest absolute Gasteiger partial charge is 0.477 e. The van der Waals surface area contributed by atoms with E-state index in [1.807, 2.05) is 0 Å². The topological polar surface area (TPSA) is 96.4 Å². The van der Waals surface area contributed by atoms with Crippen LogP contribution >= 0.6 is 38.9 Å². The zero-order valence-corrected chi connectivity index (χ0v) is 13.5. The summed E-state index contributed by atoms with van der Waals surface area (Å²) in [6, 6.07) is 3.79. The number of anilines is 1. The zero-order valence-electron chi connectivity index (χ0n) is 9.50. The molecule has 2 rings (SSSR count). The smallest absolute Gasteiger partial charge is 0.354 e. The molecule has 0 atom stereocenters. The number of carbonyl (C=O) groups is 1. The third-order valence-electron chi connectivity index (χ3n) is 2.12. The molecule has 20 heavy (non-hydrogen) atoms. The molecule has 6 nitrogen and oxygen atoms in total. The number of aromatic carboxylic acids is 1. The van der Waals surface area contributed by atoms with Gasteiger partial charge in [-0.2, -0.15) is 0 Å². The lowest BCUT2D eigenvalue weighted by molar-refractivity contribution is 0.0690. The van der Waals surface area contributed by atoms with Crippen LogP contribution in [0, 0.1) is 0 Å². The Morgan fingerprint density at radius 2 is 2.15 bits per heavy atom. The maximum atomic E-state index is 12.1. The highest BCUT2D eigenvalue weighted by atomic mass is 79.9. The number of rotatable bonds is 4. The Kier molecular flexibility index (Phi) is 4.33. The average molecular weight is 398 g/mol. The van der Waals surface area contributed by atoms with Crippen molar-refractivity contribution in [3.63, 3.8) is 0 Å². The van der Waals surface area contributed by atoms with Gasteiger partial charge in [0.2, 0.25) is 0 Å². The number of carboxylic acids is 1. The van der Waals surface area contributed by atoms with Crippen molar-refractivity contribution in [1.82, 2.24) is 4.98 Å². The van der Waals surface area contributed by atoms with Gasteiger partial charge in [-0.25, -0.2) is 18.2 Å². The SMILES string of the molecule is O=C(O)c1cc(NS(=O)(=O)c2cc(Cl)c(Br)s2)ccn1. The van der Waals surface area contributed by atoms with Crippen LogP contribution in [0.4, 0.5) is 5.69 Å². The molecule has 0 radical (unpaired) electrons. The first-order valence-corrected chi connectivity index (χ1v) is 8.43. The van der Waals surface area contributed by atoms with Gasteiger partial charge in [0, 0.05) is 6.20 Å². The molecule has 106 valence electrons. The van der Waals surface area contributed by atoms with Crippen LogP contribution in [0.25, 0.3) is 0 Å². The van der Waals surface area contributed by atoms with E-state index in [-0.39, 0.29) is 20.6 Å². The molecule has 0 spiro atoms. The minimum Gasteiger partial charge on any atom is -0.477 e. The van der Waals surface area contributed by atoms with Crippen LogP contribution < -0.4 is 4.72 Å². The van der Waals surface area contributed by atoms with E-state index in [1.54, 1.807) is 0 Å². The summed E-state index contributed by atoms with van der Waals surface area (Å²) in [5, 5.41) is 9.09. The fourth-order valence-electron chi connectivity index (χ4n) is 1.28. The number of sulfonamides is 1. The summed E-state index contributed by atoms with van der Waals surface area (Å²) in [7, 11) is -3.82. The molecule has 0 unspecified atom stereocenters. The van der Waals surface area contributed by atoms with Crippen molar-refractivity contribution >= 4 is 60.5 Å². The Hall–Kier alpha value is -1.16. The van der Waals surface area contributed by atoms with Gasteiger partial charge in [0.25, 0.3) is 10.0 Å². The van der Waals surface area contributed by atoms with Gasteiger partial charge in [0.15, 0.2) is 0 Å². The fraction of sp³-hybridized carbons (Fsp3) is 0. The first-order chi connectivity index (χ1) is 9.29. The molecule has 0 fully saturated rings. The number of thiophene rings is 1. The normalized spacial score (nSPS) is 11.3. The average Bonchev–Trinajstić information content (AvgIpc) is 2.70. The lowest BCUT2D eigenvalue weighted by Gasteiger charge is -2.06. The highest BCUT2D eigenvalue weighted by Gasteiger charge is 2.19. The van der Waals surface area contributed by atoms with E-state index in [0.29, 0.717) is 3.79 Å². The summed E-state index contributed by atoms with van der Waals surface area (Å²) >= 11 is 9.87. The van der Waals surface area contributed by atoms with E-state index in [1.165, 1.54) is 18.3 Å². The summed E-state index contributed by atoms with van der Waals surface area (Å²) in [6.45, 7) is 0. The summed E-state index contributed by atoms with van der Waals surface area (Å²) in [5.41, 5.74) is -0.145. The molecule has 0 aliphatic heterocycles. The van der Waals surface area contributed by atoms with E-state index in [0.717, 1.165) is 17.4 Å². The lowest BCUT2D eigenvalue weighted by atomic mass is 10.3. The lowest BCUT2D eigenvalue weighted by Crippen LogP contribution is -2.12. The van der Waals surface area contributed by atoms with Gasteiger partial charge in [-0.05, 0) is 34.1 Å². The Bertz CT molecular complexity index is 756. The second-order valence-electron chi connectivity index (χ2n) is 3.53. The van der Waals surface area contributed by atoms with Crippen LogP contribution in [0.5, 0.6) is 0 Å². The minimum absolute atomic E-state index is 0.0167. The Balaban J connectivity index is 2.33. The molecule has 0 saturated heterocycles. The monoisotopic (exact) mass is 396 g/mol. The number of nitrogens with one attached hydrogen (secondary N) is 1. The Morgan fingerprint density at radius 3 is 2.70 bits per heavy atom. The van der Waals surface area contributed by atoms with E-state index in [2.05, 4.69) is 25.6 Å². The first kappa shape index (κ1) is 15.2. The van der Waals surface area contributed by atoms with Gasteiger partial charge in [0.1, 0.15) is 9.90 Å². The van der Waals surface area contributed by atoms with Crippen molar-refractivity contribution in [2.45, 2.75) is 4.21 Å². The molecule has 0 amide bonds. The third-order valence-corrected chi connectivity index (χ3v) is 6.45. The van der Waals surface area contributed by atoms with E-state index < -0.39 is 16.0 Å². The molecule has 0 aromatic carbocycles. The second kappa shape index (κ2) is 5.68. The van der Waals surface area contributed by atoms with Crippen LogP contribution in [0.15, 0.2) is 32.4 Å². The molecule has 2 heterocycles. The molecule has 2 aromatic rings. The number of aromatic nitrogens is 1. The number of carboxylic acid groups (broad SMARTS) is 1. The maximum Gasteiger partial charge on any atom is 0.354 e. The molecular weight excluding hydrogens is 392 g/mol. The highest BCUT2D eigenvalue weighted by molar-refractivity contribution is 9.11. The van der Waals surface area contributed by atoms with Crippen LogP contribution in [0.2, 0.25) is 5.02 Å². The Morgan fingerprint density at radius 1 is 1.45 bits per heavy atom. The minimum atomic E-state index is -3.82. The van der Waals surface area contributed by atoms with Gasteiger partial charge >= 0.3 is 5.97 Å². The number of halogens is 2. The van der Waals surface area contributed by atoms with Gasteiger partial charge in [-0.15, -0.1) is 11.3 Å². The summed E-state index contributed by atoms with van der Waals surface area (Å²) < 4.78 is 27.0. The van der Waals surface area contributed by atoms with Gasteiger partial charge in [-0.1, -0.05) is 11.6 Å². The third kappa shape index (κ3) is 3.29. The molecule has 10 heteroatoms. The van der Waals surface area contributed by atoms with E-state index >= 15 is 0 Å². The Labute approximate surface area is 131 Å². The second-order valence-corrected chi connectivity index (χ2v) is 8.21. The van der Waals surface area contributed by atoms with E-state index in [4.69, 9.17) is 16.7 Å². The number of nitrogens with zero attached hydrogens (tertiary/aromatic N) is 1. The van der Waals surface area contributed by atoms with Gasteiger partial charge in [-0.3, -0.25) is 4.72 Å². The van der Waals surface area contributed by atoms with Gasteiger partial charge in [0.05, 0.1) is 14.5 Å². The number of hydrogen-bond donors (Lipinski definition) is 2. The van der Waals surface area contributed by atoms with Crippen molar-refractivity contribution in [3.8, 4) is 0 Å². The van der Waals surface area contributed by atoms with Crippen LogP contribution in [0.3, 0.4) is 0 Å². The van der Waals surface area contributed by atoms with Crippen molar-refractivity contribution in [3.05, 3.63) is 38.9 Å². The van der Waals surface area contributed by atoms with Crippen molar-refractivity contribution < 1.29 is 18.3 Å². The summed E-state index contributed by atoms with van der Waals surface area (Å²) in [6.07, 6.45) is 1.21. The maximum absolute atomic E-state index is 12.1. The van der Waals surface area contributed by atoms with Crippen LogP contribution in [-0.2, 0) is 10.0 Å². The van der Waals surface area contributed by atoms with Crippen molar-refractivity contribution in [1.29, 1.82) is 0 Å². The van der Waals surface area contributed by atoms with Gasteiger partial charge < -0.3 is 5.11 Å². The molecule has 0 aliphatic carbocycles. The molecule has 2 N–H and O–H groups in total. The van der Waals surface area contributed by atoms with Crippen molar-refractivity contribution in [2.24, 2.45) is 0 Å². The van der Waals surface area contributed by atoms with Crippen molar-refractivity contribution in [2.75, 3.05) is 4.72 Å². The summed E-state index contributed by atoms with van der Waals surface area (Å²) in [4.78, 5) is 14.4. The fourth-order valence-corrected chi connectivity index (χ4v) is 4.72. The molecule has 2 aromatic heterocycles. The predicted molar refractivity (Wildman–Crippen MR) is 79.0 cm³/mol. The zero-order chi connectivity index (χ0) is 14.9. The highest BCUT2D eigenvalue weighted by Crippen LogP contribution is 2.35. The van der Waals surface area contributed by atoms with Crippen LogP contribution in [-0.4, -0.2) is 24.5 Å². The standard InChI is InChI=1S/C10H6BrClN2O4S2/c11-9-6(12)4-8(19-9)20(17,18)14-5-1-2-13-7(3-5)10(15)16/h1-4H,(H,13,14)(H,15,16). The van der Waals surface area contributed by atoms with Crippen LogP contribution in [0.1, 0.15) is 10.5 Å². The predicted octanol–water partition coefficient (Wildman–Crippen LogP) is 3.06. The molecular formula is C10H6BrClN2O4S2. The summed E-state index contributed by atoms with van der Waals surface area (Å²) in [5.74, 6) is -1.24. The first-order valence-electron chi connectivity index (χ1n) is 4.96. The molecule has 0 bridgehead atoms. The quantitative estimate of drug-likeness (QED) is 0.826. The molecule has 0 aliphatic rings. The number of pyridine rings is 1. The molecule has 0 saturated carbocycles. The van der Waals surface area contributed by atoms with E-state index in [9.17, 15) is 13.2 Å².